The van der Waals surface area contributed by atoms with Gasteiger partial charge in [-0.05, 0) is 43.0 Å². The Morgan fingerprint density at radius 3 is 2.67 bits per heavy atom. The summed E-state index contributed by atoms with van der Waals surface area (Å²) in [7, 11) is 0. The lowest BCUT2D eigenvalue weighted by Crippen LogP contribution is -2.44. The minimum atomic E-state index is -0.360. The van der Waals surface area contributed by atoms with Crippen LogP contribution in [0.15, 0.2) is 30.3 Å². The van der Waals surface area contributed by atoms with Crippen molar-refractivity contribution >= 4 is 29.5 Å². The number of carbonyl (C=O) groups excluding carboxylic acids is 2. The molecule has 2 amide bonds. The lowest BCUT2D eigenvalue weighted by atomic mass is 9.99. The summed E-state index contributed by atoms with van der Waals surface area (Å²) in [4.78, 5) is 25.1. The van der Waals surface area contributed by atoms with Crippen LogP contribution in [0.5, 0.6) is 0 Å². The van der Waals surface area contributed by atoms with E-state index >= 15 is 0 Å². The van der Waals surface area contributed by atoms with Gasteiger partial charge in [-0.3, -0.25) is 9.59 Å². The lowest BCUT2D eigenvalue weighted by molar-refractivity contribution is -0.130. The van der Waals surface area contributed by atoms with Crippen molar-refractivity contribution in [1.82, 2.24) is 4.90 Å². The van der Waals surface area contributed by atoms with Gasteiger partial charge in [0, 0.05) is 30.1 Å². The lowest BCUT2D eigenvalue weighted by Gasteiger charge is -2.34. The minimum Gasteiger partial charge on any atom is -0.370 e. The number of nitrogens with zero attached hydrogens (tertiary/aromatic N) is 1. The largest absolute Gasteiger partial charge is 0.370 e. The standard InChI is InChI=1S/C16H19ClN2O2/c17-13-7-4-12(5-8-13)6-9-16(21)19-10-2-1-3-14(19)11-15(18)20/h4-9,14H,1-3,10-11H2,(H2,18,20)/b9-6+/t14-/m0/s1. The quantitative estimate of drug-likeness (QED) is 0.869. The van der Waals surface area contributed by atoms with Gasteiger partial charge >= 0.3 is 0 Å². The fourth-order valence-electron chi connectivity index (χ4n) is 2.57. The van der Waals surface area contributed by atoms with Crippen LogP contribution in [0.25, 0.3) is 6.08 Å². The molecule has 0 aliphatic carbocycles. The highest BCUT2D eigenvalue weighted by molar-refractivity contribution is 6.30. The second-order valence-electron chi connectivity index (χ2n) is 5.24. The molecular formula is C16H19ClN2O2. The molecule has 0 spiro atoms. The molecule has 0 saturated carbocycles. The van der Waals surface area contributed by atoms with Crippen LogP contribution < -0.4 is 5.73 Å². The smallest absolute Gasteiger partial charge is 0.246 e. The van der Waals surface area contributed by atoms with Crippen molar-refractivity contribution < 1.29 is 9.59 Å². The van der Waals surface area contributed by atoms with Gasteiger partial charge in [0.05, 0.1) is 0 Å². The van der Waals surface area contributed by atoms with Crippen molar-refractivity contribution in [3.05, 3.63) is 40.9 Å². The van der Waals surface area contributed by atoms with Gasteiger partial charge < -0.3 is 10.6 Å². The summed E-state index contributed by atoms with van der Waals surface area (Å²) in [5.74, 6) is -0.433. The number of likely N-dealkylation sites (tertiary alicyclic amines) is 1. The number of hydrogen-bond donors (Lipinski definition) is 1. The van der Waals surface area contributed by atoms with Crippen LogP contribution in [-0.2, 0) is 9.59 Å². The average molecular weight is 307 g/mol. The summed E-state index contributed by atoms with van der Waals surface area (Å²) in [5, 5.41) is 0.663. The molecule has 0 bridgehead atoms. The van der Waals surface area contributed by atoms with E-state index in [0.717, 1.165) is 24.8 Å². The average Bonchev–Trinajstić information content (AvgIpc) is 2.46. The van der Waals surface area contributed by atoms with Crippen molar-refractivity contribution in [3.63, 3.8) is 0 Å². The predicted molar refractivity (Wildman–Crippen MR) is 83.6 cm³/mol. The summed E-state index contributed by atoms with van der Waals surface area (Å²) in [5.41, 5.74) is 6.17. The Kier molecular flexibility index (Phi) is 5.39. The zero-order chi connectivity index (χ0) is 15.2. The van der Waals surface area contributed by atoms with E-state index in [0.29, 0.717) is 11.6 Å². The van der Waals surface area contributed by atoms with Gasteiger partial charge in [0.1, 0.15) is 0 Å². The van der Waals surface area contributed by atoms with Gasteiger partial charge in [-0.1, -0.05) is 23.7 Å². The summed E-state index contributed by atoms with van der Waals surface area (Å²) >= 11 is 5.82. The SMILES string of the molecule is NC(=O)C[C@@H]1CCCCN1C(=O)/C=C/c1ccc(Cl)cc1. The molecule has 4 nitrogen and oxygen atoms in total. The second-order valence-corrected chi connectivity index (χ2v) is 5.67. The maximum atomic E-state index is 12.3. The van der Waals surface area contributed by atoms with Crippen LogP contribution in [0.1, 0.15) is 31.2 Å². The zero-order valence-electron chi connectivity index (χ0n) is 11.8. The van der Waals surface area contributed by atoms with E-state index < -0.39 is 0 Å². The highest BCUT2D eigenvalue weighted by atomic mass is 35.5. The highest BCUT2D eigenvalue weighted by Gasteiger charge is 2.26. The van der Waals surface area contributed by atoms with Crippen LogP contribution in [0, 0.1) is 0 Å². The first kappa shape index (κ1) is 15.6. The van der Waals surface area contributed by atoms with E-state index in [1.807, 2.05) is 12.1 Å². The van der Waals surface area contributed by atoms with E-state index in [4.69, 9.17) is 17.3 Å². The zero-order valence-corrected chi connectivity index (χ0v) is 12.6. The first-order chi connectivity index (χ1) is 10.1. The molecule has 0 aromatic heterocycles. The number of carbonyl (C=O) groups is 2. The summed E-state index contributed by atoms with van der Waals surface area (Å²) in [6, 6.07) is 7.19. The maximum Gasteiger partial charge on any atom is 0.246 e. The highest BCUT2D eigenvalue weighted by Crippen LogP contribution is 2.20. The molecule has 112 valence electrons. The second kappa shape index (κ2) is 7.27. The van der Waals surface area contributed by atoms with Gasteiger partial charge in [-0.15, -0.1) is 0 Å². The molecule has 0 radical (unpaired) electrons. The monoisotopic (exact) mass is 306 g/mol. The Morgan fingerprint density at radius 1 is 1.29 bits per heavy atom. The number of rotatable bonds is 4. The number of hydrogen-bond acceptors (Lipinski definition) is 2. The molecule has 2 rings (SSSR count). The third-order valence-electron chi connectivity index (χ3n) is 3.64. The number of piperidine rings is 1. The Balaban J connectivity index is 2.03. The molecule has 1 atom stereocenters. The van der Waals surface area contributed by atoms with Gasteiger partial charge in [-0.2, -0.15) is 0 Å². The molecule has 1 fully saturated rings. The van der Waals surface area contributed by atoms with E-state index in [1.54, 1.807) is 29.2 Å². The molecule has 2 N–H and O–H groups in total. The maximum absolute atomic E-state index is 12.3. The predicted octanol–water partition coefficient (Wildman–Crippen LogP) is 2.61. The van der Waals surface area contributed by atoms with E-state index in [2.05, 4.69) is 0 Å². The molecule has 1 aliphatic rings. The van der Waals surface area contributed by atoms with Crippen molar-refractivity contribution in [3.8, 4) is 0 Å². The molecular weight excluding hydrogens is 288 g/mol. The summed E-state index contributed by atoms with van der Waals surface area (Å²) < 4.78 is 0. The van der Waals surface area contributed by atoms with Crippen molar-refractivity contribution in [1.29, 1.82) is 0 Å². The van der Waals surface area contributed by atoms with Crippen molar-refractivity contribution in [2.24, 2.45) is 5.73 Å². The topological polar surface area (TPSA) is 63.4 Å². The van der Waals surface area contributed by atoms with Crippen LogP contribution in [0.4, 0.5) is 0 Å². The molecule has 1 aromatic rings. The molecule has 0 unspecified atom stereocenters. The number of nitrogens with two attached hydrogens (primary N) is 1. The van der Waals surface area contributed by atoms with Crippen LogP contribution in [0.3, 0.4) is 0 Å². The molecule has 1 saturated heterocycles. The summed E-state index contributed by atoms with van der Waals surface area (Å²) in [6.07, 6.45) is 6.37. The molecule has 5 heteroatoms. The van der Waals surface area contributed by atoms with Crippen molar-refractivity contribution in [2.45, 2.75) is 31.7 Å². The number of halogens is 1. The van der Waals surface area contributed by atoms with E-state index in [1.165, 1.54) is 0 Å². The molecule has 21 heavy (non-hydrogen) atoms. The number of primary amides is 1. The van der Waals surface area contributed by atoms with Crippen molar-refractivity contribution in [2.75, 3.05) is 6.54 Å². The fraction of sp³-hybridized carbons (Fsp3) is 0.375. The first-order valence-electron chi connectivity index (χ1n) is 7.09. The third-order valence-corrected chi connectivity index (χ3v) is 3.89. The Bertz CT molecular complexity index is 540. The van der Waals surface area contributed by atoms with Crippen LogP contribution in [0.2, 0.25) is 5.02 Å². The fourth-order valence-corrected chi connectivity index (χ4v) is 2.70. The van der Waals surface area contributed by atoms with E-state index in [-0.39, 0.29) is 24.3 Å². The Labute approximate surface area is 129 Å². The number of amides is 2. The van der Waals surface area contributed by atoms with Crippen LogP contribution >= 0.6 is 11.6 Å². The van der Waals surface area contributed by atoms with Gasteiger partial charge in [0.2, 0.25) is 11.8 Å². The molecule has 1 heterocycles. The first-order valence-corrected chi connectivity index (χ1v) is 7.46. The minimum absolute atomic E-state index is 0.0707. The number of benzene rings is 1. The third kappa shape index (κ3) is 4.60. The summed E-state index contributed by atoms with van der Waals surface area (Å²) in [6.45, 7) is 0.682. The van der Waals surface area contributed by atoms with Gasteiger partial charge in [0.15, 0.2) is 0 Å². The Hall–Kier alpha value is -1.81. The molecule has 1 aliphatic heterocycles. The Morgan fingerprint density at radius 2 is 2.00 bits per heavy atom. The van der Waals surface area contributed by atoms with Crippen LogP contribution in [-0.4, -0.2) is 29.3 Å². The van der Waals surface area contributed by atoms with Gasteiger partial charge in [0.25, 0.3) is 0 Å². The van der Waals surface area contributed by atoms with Gasteiger partial charge in [-0.25, -0.2) is 0 Å². The normalized spacial score (nSPS) is 18.9. The molecule has 1 aromatic carbocycles. The van der Waals surface area contributed by atoms with E-state index in [9.17, 15) is 9.59 Å².